The number of nitrogens with one attached hydrogen (secondary N) is 1. The fourth-order valence-corrected chi connectivity index (χ4v) is 2.16. The van der Waals surface area contributed by atoms with Gasteiger partial charge in [-0.2, -0.15) is 0 Å². The fraction of sp³-hybridized carbons (Fsp3) is 0.562. The Balaban J connectivity index is 2.67. The Morgan fingerprint density at radius 3 is 2.38 bits per heavy atom. The van der Waals surface area contributed by atoms with Gasteiger partial charge in [0.05, 0.1) is 11.6 Å². The van der Waals surface area contributed by atoms with Crippen LogP contribution in [-0.2, 0) is 11.3 Å². The van der Waals surface area contributed by atoms with Crippen molar-refractivity contribution in [3.63, 3.8) is 0 Å². The minimum Gasteiger partial charge on any atom is -0.389 e. The highest BCUT2D eigenvalue weighted by Crippen LogP contribution is 2.13. The molecule has 1 atom stereocenters. The van der Waals surface area contributed by atoms with Gasteiger partial charge in [0.2, 0.25) is 5.91 Å². The predicted octanol–water partition coefficient (Wildman–Crippen LogP) is 1.57. The first-order valence-electron chi connectivity index (χ1n) is 7.33. The lowest BCUT2D eigenvalue weighted by Crippen LogP contribution is -2.48. The summed E-state index contributed by atoms with van der Waals surface area (Å²) >= 11 is 0. The average Bonchev–Trinajstić information content (AvgIpc) is 2.43. The third-order valence-corrected chi connectivity index (χ3v) is 3.38. The Hall–Kier alpha value is -1.43. The summed E-state index contributed by atoms with van der Waals surface area (Å²) in [4.78, 5) is 14.2. The molecule has 0 aliphatic rings. The molecule has 0 aliphatic heterocycles. The minimum atomic E-state index is -0.826. The summed E-state index contributed by atoms with van der Waals surface area (Å²) < 4.78 is 0. The van der Waals surface area contributed by atoms with E-state index in [1.807, 2.05) is 43.0 Å². The number of nitrogens with zero attached hydrogens (tertiary/aromatic N) is 1. The van der Waals surface area contributed by atoms with Crippen molar-refractivity contribution in [1.82, 2.24) is 4.90 Å². The first-order chi connectivity index (χ1) is 9.76. The summed E-state index contributed by atoms with van der Waals surface area (Å²) in [6.07, 6.45) is 0. The molecule has 1 rings (SSSR count). The van der Waals surface area contributed by atoms with Gasteiger partial charge in [-0.3, -0.25) is 9.69 Å². The smallest absolute Gasteiger partial charge is 0.241 e. The highest BCUT2D eigenvalue weighted by atomic mass is 16.3. The molecule has 118 valence electrons. The molecule has 5 heteroatoms. The van der Waals surface area contributed by atoms with E-state index in [2.05, 4.69) is 5.32 Å². The van der Waals surface area contributed by atoms with Crippen LogP contribution in [0.5, 0.6) is 0 Å². The van der Waals surface area contributed by atoms with Crippen LogP contribution >= 0.6 is 0 Å². The van der Waals surface area contributed by atoms with Crippen molar-refractivity contribution in [3.8, 4) is 0 Å². The summed E-state index contributed by atoms with van der Waals surface area (Å²) in [5.41, 5.74) is 6.50. The Bertz CT molecular complexity index is 452. The van der Waals surface area contributed by atoms with Crippen LogP contribution in [0.15, 0.2) is 24.3 Å². The summed E-state index contributed by atoms with van der Waals surface area (Å²) in [6, 6.07) is 7.18. The van der Waals surface area contributed by atoms with Crippen LogP contribution in [0.25, 0.3) is 0 Å². The maximum Gasteiger partial charge on any atom is 0.241 e. The quantitative estimate of drug-likeness (QED) is 0.713. The van der Waals surface area contributed by atoms with E-state index in [9.17, 15) is 9.90 Å². The molecule has 0 radical (unpaired) electrons. The normalized spacial score (nSPS) is 13.3. The maximum atomic E-state index is 12.3. The Morgan fingerprint density at radius 1 is 1.38 bits per heavy atom. The van der Waals surface area contributed by atoms with Gasteiger partial charge < -0.3 is 16.2 Å². The predicted molar refractivity (Wildman–Crippen MR) is 86.0 cm³/mol. The van der Waals surface area contributed by atoms with Crippen molar-refractivity contribution in [1.29, 1.82) is 0 Å². The highest BCUT2D eigenvalue weighted by molar-refractivity contribution is 5.94. The van der Waals surface area contributed by atoms with E-state index < -0.39 is 5.60 Å². The van der Waals surface area contributed by atoms with Gasteiger partial charge in [-0.1, -0.05) is 19.1 Å². The molecule has 0 bridgehead atoms. The lowest BCUT2D eigenvalue weighted by Gasteiger charge is -2.32. The SMILES string of the molecule is CCN(CC(C)(C)O)C(C)C(=O)Nc1ccc(CN)cc1. The van der Waals surface area contributed by atoms with E-state index in [1.54, 1.807) is 13.8 Å². The molecule has 1 unspecified atom stereocenters. The van der Waals surface area contributed by atoms with Gasteiger partial charge in [-0.25, -0.2) is 0 Å². The van der Waals surface area contributed by atoms with E-state index >= 15 is 0 Å². The van der Waals surface area contributed by atoms with Crippen LogP contribution in [0.3, 0.4) is 0 Å². The number of hydrogen-bond acceptors (Lipinski definition) is 4. The Morgan fingerprint density at radius 2 is 1.95 bits per heavy atom. The monoisotopic (exact) mass is 293 g/mol. The van der Waals surface area contributed by atoms with E-state index in [4.69, 9.17) is 5.73 Å². The molecule has 0 saturated carbocycles. The molecule has 5 nitrogen and oxygen atoms in total. The van der Waals surface area contributed by atoms with Crippen molar-refractivity contribution in [3.05, 3.63) is 29.8 Å². The number of anilines is 1. The molecule has 0 spiro atoms. The van der Waals surface area contributed by atoms with Crippen molar-refractivity contribution in [2.45, 2.75) is 45.9 Å². The molecule has 21 heavy (non-hydrogen) atoms. The number of nitrogens with two attached hydrogens (primary N) is 1. The molecule has 0 aromatic heterocycles. The van der Waals surface area contributed by atoms with Gasteiger partial charge in [-0.05, 0) is 45.0 Å². The number of amides is 1. The first-order valence-corrected chi connectivity index (χ1v) is 7.33. The number of carbonyl (C=O) groups excluding carboxylic acids is 1. The van der Waals surface area contributed by atoms with Crippen LogP contribution < -0.4 is 11.1 Å². The minimum absolute atomic E-state index is 0.0819. The van der Waals surface area contributed by atoms with E-state index in [-0.39, 0.29) is 11.9 Å². The van der Waals surface area contributed by atoms with E-state index in [1.165, 1.54) is 0 Å². The molecule has 1 aromatic rings. The zero-order chi connectivity index (χ0) is 16.0. The lowest BCUT2D eigenvalue weighted by atomic mass is 10.1. The van der Waals surface area contributed by atoms with Gasteiger partial charge in [0.25, 0.3) is 0 Å². The van der Waals surface area contributed by atoms with Crippen molar-refractivity contribution >= 4 is 11.6 Å². The second-order valence-electron chi connectivity index (χ2n) is 5.94. The van der Waals surface area contributed by atoms with E-state index in [0.717, 1.165) is 11.3 Å². The molecule has 1 aromatic carbocycles. The molecular formula is C16H27N3O2. The summed E-state index contributed by atoms with van der Waals surface area (Å²) in [7, 11) is 0. The largest absolute Gasteiger partial charge is 0.389 e. The third kappa shape index (κ3) is 5.83. The van der Waals surface area contributed by atoms with Crippen LogP contribution in [0.4, 0.5) is 5.69 Å². The third-order valence-electron chi connectivity index (χ3n) is 3.38. The summed E-state index contributed by atoms with van der Waals surface area (Å²) in [5.74, 6) is -0.0819. The van der Waals surface area contributed by atoms with Crippen molar-refractivity contribution < 1.29 is 9.90 Å². The molecular weight excluding hydrogens is 266 g/mol. The zero-order valence-electron chi connectivity index (χ0n) is 13.4. The van der Waals surface area contributed by atoms with Gasteiger partial charge in [0, 0.05) is 18.8 Å². The number of benzene rings is 1. The first kappa shape index (κ1) is 17.6. The number of aliphatic hydroxyl groups is 1. The molecule has 0 fully saturated rings. The summed E-state index contributed by atoms with van der Waals surface area (Å²) in [5, 5.41) is 12.8. The van der Waals surface area contributed by atoms with Crippen molar-refractivity contribution in [2.75, 3.05) is 18.4 Å². The second-order valence-corrected chi connectivity index (χ2v) is 5.94. The van der Waals surface area contributed by atoms with Gasteiger partial charge in [0.15, 0.2) is 0 Å². The molecule has 0 aliphatic carbocycles. The zero-order valence-corrected chi connectivity index (χ0v) is 13.4. The van der Waals surface area contributed by atoms with Crippen LogP contribution in [-0.4, -0.2) is 40.6 Å². The second kappa shape index (κ2) is 7.54. The van der Waals surface area contributed by atoms with Crippen molar-refractivity contribution in [2.24, 2.45) is 5.73 Å². The average molecular weight is 293 g/mol. The topological polar surface area (TPSA) is 78.6 Å². The van der Waals surface area contributed by atoms with E-state index in [0.29, 0.717) is 19.6 Å². The number of hydrogen-bond donors (Lipinski definition) is 3. The van der Waals surface area contributed by atoms with Gasteiger partial charge in [0.1, 0.15) is 0 Å². The standard InChI is InChI=1S/C16H27N3O2/c1-5-19(11-16(3,4)21)12(2)15(20)18-14-8-6-13(10-17)7-9-14/h6-9,12,21H,5,10-11,17H2,1-4H3,(H,18,20). The van der Waals surface area contributed by atoms with Gasteiger partial charge in [-0.15, -0.1) is 0 Å². The number of likely N-dealkylation sites (N-methyl/N-ethyl adjacent to an activating group) is 1. The Labute approximate surface area is 127 Å². The molecule has 0 heterocycles. The van der Waals surface area contributed by atoms with Gasteiger partial charge >= 0.3 is 0 Å². The van der Waals surface area contributed by atoms with Crippen LogP contribution in [0.1, 0.15) is 33.3 Å². The highest BCUT2D eigenvalue weighted by Gasteiger charge is 2.25. The van der Waals surface area contributed by atoms with Crippen LogP contribution in [0, 0.1) is 0 Å². The lowest BCUT2D eigenvalue weighted by molar-refractivity contribution is -0.121. The molecule has 1 amide bonds. The number of carbonyl (C=O) groups is 1. The molecule has 0 saturated heterocycles. The maximum absolute atomic E-state index is 12.3. The van der Waals surface area contributed by atoms with Crippen LogP contribution in [0.2, 0.25) is 0 Å². The summed E-state index contributed by atoms with van der Waals surface area (Å²) in [6.45, 7) is 8.94. The fourth-order valence-electron chi connectivity index (χ4n) is 2.16. The molecule has 4 N–H and O–H groups in total. The Kier molecular flexibility index (Phi) is 6.33. The number of rotatable bonds is 7.